The van der Waals surface area contributed by atoms with Crippen molar-refractivity contribution >= 4 is 0 Å². The summed E-state index contributed by atoms with van der Waals surface area (Å²) in [5.74, 6) is 1.54. The van der Waals surface area contributed by atoms with Crippen molar-refractivity contribution in [2.75, 3.05) is 13.2 Å². The number of ether oxygens (including phenoxy) is 1. The molecule has 1 saturated heterocycles. The highest BCUT2D eigenvalue weighted by atomic mass is 16.5. The van der Waals surface area contributed by atoms with Gasteiger partial charge in [-0.1, -0.05) is 33.6 Å². The van der Waals surface area contributed by atoms with Crippen molar-refractivity contribution in [1.29, 1.82) is 0 Å². The summed E-state index contributed by atoms with van der Waals surface area (Å²) in [4.78, 5) is 0. The summed E-state index contributed by atoms with van der Waals surface area (Å²) in [5, 5.41) is 3.75. The smallest absolute Gasteiger partial charge is 0.0551 e. The van der Waals surface area contributed by atoms with Crippen LogP contribution in [-0.2, 0) is 4.74 Å². The molecule has 16 heavy (non-hydrogen) atoms. The lowest BCUT2D eigenvalue weighted by Crippen LogP contribution is -2.42. The van der Waals surface area contributed by atoms with Crippen molar-refractivity contribution in [3.63, 3.8) is 0 Å². The summed E-state index contributed by atoms with van der Waals surface area (Å²) in [6.45, 7) is 11.2. The van der Waals surface area contributed by atoms with Gasteiger partial charge in [-0.15, -0.1) is 0 Å². The van der Waals surface area contributed by atoms with Crippen LogP contribution < -0.4 is 5.32 Å². The van der Waals surface area contributed by atoms with Crippen LogP contribution in [-0.4, -0.2) is 25.3 Å². The van der Waals surface area contributed by atoms with Crippen molar-refractivity contribution in [3.8, 4) is 0 Å². The van der Waals surface area contributed by atoms with E-state index in [2.05, 4.69) is 33.0 Å². The lowest BCUT2D eigenvalue weighted by atomic mass is 9.83. The highest BCUT2D eigenvalue weighted by Gasteiger charge is 2.32. The van der Waals surface area contributed by atoms with E-state index in [-0.39, 0.29) is 0 Å². The second-order valence-electron chi connectivity index (χ2n) is 5.20. The van der Waals surface area contributed by atoms with Gasteiger partial charge in [0.15, 0.2) is 0 Å². The molecule has 1 heterocycles. The van der Waals surface area contributed by atoms with Gasteiger partial charge in [-0.05, 0) is 32.2 Å². The van der Waals surface area contributed by atoms with Crippen LogP contribution in [0.4, 0.5) is 0 Å². The first-order valence-electron chi connectivity index (χ1n) is 7.07. The van der Waals surface area contributed by atoms with Crippen LogP contribution in [0.5, 0.6) is 0 Å². The minimum absolute atomic E-state index is 0.463. The summed E-state index contributed by atoms with van der Waals surface area (Å²) in [5.41, 5.74) is 0. The number of nitrogens with one attached hydrogen (secondary N) is 1. The fourth-order valence-electron chi connectivity index (χ4n) is 2.93. The Kier molecular flexibility index (Phi) is 6.37. The van der Waals surface area contributed by atoms with Gasteiger partial charge < -0.3 is 10.1 Å². The Bertz CT molecular complexity index is 180. The van der Waals surface area contributed by atoms with E-state index in [1.165, 1.54) is 25.7 Å². The molecular formula is C14H29NO. The Labute approximate surface area is 101 Å². The van der Waals surface area contributed by atoms with Gasteiger partial charge in [0, 0.05) is 12.0 Å². The van der Waals surface area contributed by atoms with Gasteiger partial charge in [-0.3, -0.25) is 0 Å². The molecular weight excluding hydrogens is 198 g/mol. The minimum atomic E-state index is 0.463. The number of hydrogen-bond acceptors (Lipinski definition) is 2. The van der Waals surface area contributed by atoms with E-state index in [0.717, 1.165) is 25.0 Å². The van der Waals surface area contributed by atoms with E-state index in [1.807, 2.05) is 0 Å². The van der Waals surface area contributed by atoms with E-state index < -0.39 is 0 Å². The Morgan fingerprint density at radius 3 is 2.38 bits per heavy atom. The highest BCUT2D eigenvalue weighted by molar-refractivity contribution is 4.86. The SMILES string of the molecule is CCCNC(C(CC)CC)C1COC(C)C1. The molecule has 1 aliphatic heterocycles. The summed E-state index contributed by atoms with van der Waals surface area (Å²) in [7, 11) is 0. The maximum absolute atomic E-state index is 5.73. The molecule has 1 aliphatic rings. The van der Waals surface area contributed by atoms with Gasteiger partial charge in [0.1, 0.15) is 0 Å². The lowest BCUT2D eigenvalue weighted by Gasteiger charge is -2.31. The first-order valence-corrected chi connectivity index (χ1v) is 7.07. The third-order valence-corrected chi connectivity index (χ3v) is 3.92. The molecule has 0 radical (unpaired) electrons. The van der Waals surface area contributed by atoms with E-state index >= 15 is 0 Å². The molecule has 1 N–H and O–H groups in total. The maximum Gasteiger partial charge on any atom is 0.0551 e. The zero-order valence-electron chi connectivity index (χ0n) is 11.5. The molecule has 3 unspecified atom stereocenters. The Morgan fingerprint density at radius 1 is 1.25 bits per heavy atom. The summed E-state index contributed by atoms with van der Waals surface area (Å²) >= 11 is 0. The molecule has 1 rings (SSSR count). The van der Waals surface area contributed by atoms with Gasteiger partial charge in [-0.25, -0.2) is 0 Å². The molecule has 0 amide bonds. The monoisotopic (exact) mass is 227 g/mol. The normalized spacial score (nSPS) is 27.6. The van der Waals surface area contributed by atoms with Crippen LogP contribution in [0.3, 0.4) is 0 Å². The second-order valence-corrected chi connectivity index (χ2v) is 5.20. The third-order valence-electron chi connectivity index (χ3n) is 3.92. The van der Waals surface area contributed by atoms with Gasteiger partial charge in [0.05, 0.1) is 12.7 Å². The molecule has 96 valence electrons. The third kappa shape index (κ3) is 3.74. The fraction of sp³-hybridized carbons (Fsp3) is 1.00. The maximum atomic E-state index is 5.73. The molecule has 0 aliphatic carbocycles. The molecule has 0 aromatic heterocycles. The van der Waals surface area contributed by atoms with Crippen LogP contribution in [0.15, 0.2) is 0 Å². The lowest BCUT2D eigenvalue weighted by molar-refractivity contribution is 0.112. The zero-order valence-corrected chi connectivity index (χ0v) is 11.5. The Balaban J connectivity index is 2.54. The van der Waals surface area contributed by atoms with E-state index in [9.17, 15) is 0 Å². The molecule has 1 fully saturated rings. The average molecular weight is 227 g/mol. The zero-order chi connectivity index (χ0) is 12.0. The molecule has 0 saturated carbocycles. The van der Waals surface area contributed by atoms with Crippen molar-refractivity contribution in [3.05, 3.63) is 0 Å². The second kappa shape index (κ2) is 7.29. The highest BCUT2D eigenvalue weighted by Crippen LogP contribution is 2.29. The van der Waals surface area contributed by atoms with Crippen LogP contribution in [0, 0.1) is 11.8 Å². The first-order chi connectivity index (χ1) is 7.72. The van der Waals surface area contributed by atoms with Gasteiger partial charge in [-0.2, -0.15) is 0 Å². The summed E-state index contributed by atoms with van der Waals surface area (Å²) in [6, 6.07) is 0.667. The van der Waals surface area contributed by atoms with Crippen LogP contribution in [0.25, 0.3) is 0 Å². The molecule has 0 aromatic carbocycles. The van der Waals surface area contributed by atoms with Crippen LogP contribution >= 0.6 is 0 Å². The van der Waals surface area contributed by atoms with Gasteiger partial charge >= 0.3 is 0 Å². The Hall–Kier alpha value is -0.0800. The summed E-state index contributed by atoms with van der Waals surface area (Å²) < 4.78 is 5.73. The quantitative estimate of drug-likeness (QED) is 0.721. The van der Waals surface area contributed by atoms with E-state index in [0.29, 0.717) is 12.1 Å². The van der Waals surface area contributed by atoms with E-state index in [4.69, 9.17) is 4.74 Å². The van der Waals surface area contributed by atoms with Gasteiger partial charge in [0.2, 0.25) is 0 Å². The van der Waals surface area contributed by atoms with Crippen molar-refractivity contribution in [2.45, 2.75) is 65.5 Å². The minimum Gasteiger partial charge on any atom is -0.378 e. The van der Waals surface area contributed by atoms with Crippen molar-refractivity contribution in [1.82, 2.24) is 5.32 Å². The molecule has 0 spiro atoms. The number of rotatable bonds is 7. The topological polar surface area (TPSA) is 21.3 Å². The average Bonchev–Trinajstić information content (AvgIpc) is 2.71. The number of hydrogen-bond donors (Lipinski definition) is 1. The first kappa shape index (κ1) is 14.0. The molecule has 0 bridgehead atoms. The predicted molar refractivity (Wildman–Crippen MR) is 69.7 cm³/mol. The van der Waals surface area contributed by atoms with E-state index in [1.54, 1.807) is 0 Å². The van der Waals surface area contributed by atoms with Crippen LogP contribution in [0.1, 0.15) is 53.4 Å². The van der Waals surface area contributed by atoms with Crippen molar-refractivity contribution < 1.29 is 4.74 Å². The molecule has 0 aromatic rings. The molecule has 2 nitrogen and oxygen atoms in total. The van der Waals surface area contributed by atoms with Crippen LogP contribution in [0.2, 0.25) is 0 Å². The fourth-order valence-corrected chi connectivity index (χ4v) is 2.93. The largest absolute Gasteiger partial charge is 0.378 e. The summed E-state index contributed by atoms with van der Waals surface area (Å²) in [6.07, 6.45) is 5.48. The molecule has 3 atom stereocenters. The standard InChI is InChI=1S/C14H29NO/c1-5-8-15-14(12(6-2)7-3)13-9-11(4)16-10-13/h11-15H,5-10H2,1-4H3. The Morgan fingerprint density at radius 2 is 1.94 bits per heavy atom. The van der Waals surface area contributed by atoms with Crippen molar-refractivity contribution in [2.24, 2.45) is 11.8 Å². The van der Waals surface area contributed by atoms with Gasteiger partial charge in [0.25, 0.3) is 0 Å². The molecule has 2 heteroatoms. The predicted octanol–water partition coefficient (Wildman–Crippen LogP) is 3.22.